The smallest absolute Gasteiger partial charge is 0.326 e. The third-order valence-corrected chi connectivity index (χ3v) is 4.95. The average Bonchev–Trinajstić information content (AvgIpc) is 3.30. The Bertz CT molecular complexity index is 870. The number of aromatic nitrogens is 2. The molecule has 35 heavy (non-hydrogen) atoms. The highest BCUT2D eigenvalue weighted by Gasteiger charge is 2.31. The normalized spacial score (nSPS) is 14.3. The van der Waals surface area contributed by atoms with Gasteiger partial charge in [0.1, 0.15) is 24.2 Å². The molecule has 4 unspecified atom stereocenters. The number of H-pyrrole nitrogens is 1. The molecule has 1 aromatic heterocycles. The van der Waals surface area contributed by atoms with Crippen LogP contribution in [0.1, 0.15) is 32.4 Å². The van der Waals surface area contributed by atoms with E-state index in [4.69, 9.17) is 22.3 Å². The quantitative estimate of drug-likeness (QED) is 0.0656. The number of nitrogens with zero attached hydrogens (tertiary/aromatic N) is 2. The van der Waals surface area contributed by atoms with E-state index in [9.17, 15) is 24.3 Å². The van der Waals surface area contributed by atoms with E-state index in [-0.39, 0.29) is 25.3 Å². The van der Waals surface area contributed by atoms with Crippen molar-refractivity contribution in [1.29, 1.82) is 0 Å². The van der Waals surface area contributed by atoms with E-state index in [1.54, 1.807) is 13.8 Å². The van der Waals surface area contributed by atoms with E-state index >= 15 is 0 Å². The van der Waals surface area contributed by atoms with E-state index in [1.165, 1.54) is 12.5 Å². The fourth-order valence-corrected chi connectivity index (χ4v) is 3.00. The lowest BCUT2D eigenvalue weighted by atomic mass is 10.0. The second kappa shape index (κ2) is 14.5. The van der Waals surface area contributed by atoms with Gasteiger partial charge in [-0.1, -0.05) is 13.8 Å². The van der Waals surface area contributed by atoms with E-state index in [2.05, 4.69) is 30.9 Å². The van der Waals surface area contributed by atoms with Gasteiger partial charge in [0.15, 0.2) is 5.96 Å². The Morgan fingerprint density at radius 2 is 1.71 bits per heavy atom. The van der Waals surface area contributed by atoms with Gasteiger partial charge in [0.25, 0.3) is 0 Å². The standard InChI is InChI=1S/C20H35N9O6/c1-10(2)15(19(34)35)29-18(33)14(6-11-7-24-9-26-11)28-17(32)13(4-3-5-25-20(22)23)27-16(31)12(21)8-30/h7,9-10,12-15,30H,3-6,8,21H2,1-2H3,(H,24,26)(H,27,31)(H,28,32)(H,29,33)(H,34,35)(H4,22,23,25). The fraction of sp³-hybridized carbons (Fsp3) is 0.600. The molecule has 0 aliphatic carbocycles. The van der Waals surface area contributed by atoms with Gasteiger partial charge in [0, 0.05) is 24.9 Å². The van der Waals surface area contributed by atoms with Gasteiger partial charge >= 0.3 is 5.97 Å². The van der Waals surface area contributed by atoms with Gasteiger partial charge < -0.3 is 48.3 Å². The highest BCUT2D eigenvalue weighted by molar-refractivity contribution is 5.94. The second-order valence-corrected chi connectivity index (χ2v) is 8.21. The zero-order chi connectivity index (χ0) is 26.5. The van der Waals surface area contributed by atoms with Crippen molar-refractivity contribution in [2.75, 3.05) is 13.2 Å². The van der Waals surface area contributed by atoms with Crippen molar-refractivity contribution in [3.05, 3.63) is 18.2 Å². The predicted molar refractivity (Wildman–Crippen MR) is 126 cm³/mol. The number of guanidine groups is 1. The number of hydrogen-bond donors (Lipinski definition) is 9. The predicted octanol–water partition coefficient (Wildman–Crippen LogP) is -3.48. The number of nitrogens with two attached hydrogens (primary N) is 3. The van der Waals surface area contributed by atoms with Crippen molar-refractivity contribution in [2.24, 2.45) is 28.1 Å². The summed E-state index contributed by atoms with van der Waals surface area (Å²) in [5.41, 5.74) is 16.6. The molecule has 1 rings (SSSR count). The van der Waals surface area contributed by atoms with Crippen LogP contribution >= 0.6 is 0 Å². The molecular formula is C20H35N9O6. The monoisotopic (exact) mass is 497 g/mol. The number of carboxylic acids is 1. The number of aliphatic carboxylic acids is 1. The summed E-state index contributed by atoms with van der Waals surface area (Å²) in [4.78, 5) is 60.3. The highest BCUT2D eigenvalue weighted by atomic mass is 16.4. The van der Waals surface area contributed by atoms with Gasteiger partial charge in [0.2, 0.25) is 17.7 Å². The van der Waals surface area contributed by atoms with E-state index < -0.39 is 60.4 Å². The Hall–Kier alpha value is -3.72. The lowest BCUT2D eigenvalue weighted by Gasteiger charge is -2.25. The van der Waals surface area contributed by atoms with Crippen molar-refractivity contribution in [2.45, 2.75) is 57.3 Å². The molecule has 0 radical (unpaired) electrons. The summed E-state index contributed by atoms with van der Waals surface area (Å²) in [6.45, 7) is 2.81. The van der Waals surface area contributed by atoms with Crippen molar-refractivity contribution < 1.29 is 29.4 Å². The van der Waals surface area contributed by atoms with Crippen LogP contribution in [-0.4, -0.2) is 87.2 Å². The summed E-state index contributed by atoms with van der Waals surface area (Å²) in [5.74, 6) is -3.98. The topological polar surface area (TPSA) is 264 Å². The maximum atomic E-state index is 13.1. The van der Waals surface area contributed by atoms with Gasteiger partial charge in [-0.05, 0) is 18.8 Å². The molecule has 0 fully saturated rings. The molecular weight excluding hydrogens is 462 g/mol. The largest absolute Gasteiger partial charge is 0.480 e. The Morgan fingerprint density at radius 3 is 2.23 bits per heavy atom. The number of hydrogen-bond acceptors (Lipinski definition) is 8. The minimum atomic E-state index is -1.26. The molecule has 0 aliphatic rings. The number of carbonyl (C=O) groups excluding carboxylic acids is 3. The molecule has 1 heterocycles. The first-order valence-electron chi connectivity index (χ1n) is 11.0. The minimum absolute atomic E-state index is 0.0210. The van der Waals surface area contributed by atoms with E-state index in [0.29, 0.717) is 12.1 Å². The van der Waals surface area contributed by atoms with E-state index in [1.807, 2.05) is 0 Å². The molecule has 0 spiro atoms. The maximum Gasteiger partial charge on any atom is 0.326 e. The Morgan fingerprint density at radius 1 is 1.09 bits per heavy atom. The Balaban J connectivity index is 3.07. The number of carboxylic acid groups (broad SMARTS) is 1. The Kier molecular flexibility index (Phi) is 12.2. The van der Waals surface area contributed by atoms with Crippen LogP contribution in [0.3, 0.4) is 0 Å². The van der Waals surface area contributed by atoms with Crippen LogP contribution in [0.4, 0.5) is 0 Å². The molecule has 12 N–H and O–H groups in total. The first-order chi connectivity index (χ1) is 16.5. The number of rotatable bonds is 15. The zero-order valence-corrected chi connectivity index (χ0v) is 19.7. The molecule has 1 aromatic rings. The van der Waals surface area contributed by atoms with Gasteiger partial charge in [-0.2, -0.15) is 0 Å². The first kappa shape index (κ1) is 29.3. The van der Waals surface area contributed by atoms with Gasteiger partial charge in [-0.15, -0.1) is 0 Å². The van der Waals surface area contributed by atoms with Crippen LogP contribution < -0.4 is 33.2 Å². The average molecular weight is 498 g/mol. The third-order valence-electron chi connectivity index (χ3n) is 4.95. The third kappa shape index (κ3) is 10.4. The van der Waals surface area contributed by atoms with Crippen molar-refractivity contribution in [3.8, 4) is 0 Å². The minimum Gasteiger partial charge on any atom is -0.480 e. The van der Waals surface area contributed by atoms with Crippen LogP contribution in [0.25, 0.3) is 0 Å². The highest BCUT2D eigenvalue weighted by Crippen LogP contribution is 2.07. The van der Waals surface area contributed by atoms with Crippen LogP contribution in [0.15, 0.2) is 17.5 Å². The van der Waals surface area contributed by atoms with Gasteiger partial charge in [0.05, 0.1) is 12.9 Å². The number of carbonyl (C=O) groups is 4. The molecule has 0 aromatic carbocycles. The SMILES string of the molecule is CC(C)C(NC(=O)C(Cc1cnc[nH]1)NC(=O)C(CCCN=C(N)N)NC(=O)C(N)CO)C(=O)O. The van der Waals surface area contributed by atoms with E-state index in [0.717, 1.165) is 0 Å². The zero-order valence-electron chi connectivity index (χ0n) is 19.7. The van der Waals surface area contributed by atoms with Gasteiger partial charge in [-0.3, -0.25) is 19.4 Å². The van der Waals surface area contributed by atoms with Crippen molar-refractivity contribution in [1.82, 2.24) is 25.9 Å². The first-order valence-corrected chi connectivity index (χ1v) is 11.0. The number of nitrogens with one attached hydrogen (secondary N) is 4. The number of aliphatic hydroxyl groups excluding tert-OH is 1. The molecule has 15 nitrogen and oxygen atoms in total. The van der Waals surface area contributed by atoms with Crippen LogP contribution in [-0.2, 0) is 25.6 Å². The van der Waals surface area contributed by atoms with Crippen LogP contribution in [0, 0.1) is 5.92 Å². The molecule has 0 saturated heterocycles. The van der Waals surface area contributed by atoms with Crippen molar-refractivity contribution >= 4 is 29.7 Å². The number of aromatic amines is 1. The van der Waals surface area contributed by atoms with Crippen molar-refractivity contribution in [3.63, 3.8) is 0 Å². The number of aliphatic imine (C=N–C) groups is 1. The lowest BCUT2D eigenvalue weighted by molar-refractivity contribution is -0.143. The Labute approximate surface area is 202 Å². The fourth-order valence-electron chi connectivity index (χ4n) is 3.00. The second-order valence-electron chi connectivity index (χ2n) is 8.21. The summed E-state index contributed by atoms with van der Waals surface area (Å²) < 4.78 is 0. The summed E-state index contributed by atoms with van der Waals surface area (Å²) in [7, 11) is 0. The summed E-state index contributed by atoms with van der Waals surface area (Å²) in [6.07, 6.45) is 3.22. The summed E-state index contributed by atoms with van der Waals surface area (Å²) >= 11 is 0. The summed E-state index contributed by atoms with van der Waals surface area (Å²) in [6, 6.07) is -4.75. The molecule has 0 aliphatic heterocycles. The number of aliphatic hydroxyl groups is 1. The van der Waals surface area contributed by atoms with Gasteiger partial charge in [-0.25, -0.2) is 9.78 Å². The molecule has 0 bridgehead atoms. The molecule has 196 valence electrons. The maximum absolute atomic E-state index is 13.1. The summed E-state index contributed by atoms with van der Waals surface area (Å²) in [5, 5.41) is 26.0. The number of amides is 3. The molecule has 3 amide bonds. The van der Waals surface area contributed by atoms with Crippen LogP contribution in [0.5, 0.6) is 0 Å². The molecule has 0 saturated carbocycles. The lowest BCUT2D eigenvalue weighted by Crippen LogP contribution is -2.58. The molecule has 4 atom stereocenters. The molecule has 15 heteroatoms. The number of imidazole rings is 1. The van der Waals surface area contributed by atoms with Crippen LogP contribution in [0.2, 0.25) is 0 Å².